The molecular formula is C26H19N9O20S5. The van der Waals surface area contributed by atoms with E-state index in [2.05, 4.69) is 40.9 Å². The van der Waals surface area contributed by atoms with Gasteiger partial charge in [0.05, 0.1) is 16.0 Å². The molecule has 318 valence electrons. The number of non-ortho nitro benzene ring substituents is 1. The van der Waals surface area contributed by atoms with E-state index >= 15 is 0 Å². The van der Waals surface area contributed by atoms with Crippen molar-refractivity contribution in [1.29, 1.82) is 0 Å². The molecule has 0 unspecified atom stereocenters. The summed E-state index contributed by atoms with van der Waals surface area (Å²) in [6.45, 7) is 1.30. The molecule has 0 amide bonds. The lowest BCUT2D eigenvalue weighted by atomic mass is 10.1. The predicted molar refractivity (Wildman–Crippen MR) is 193 cm³/mol. The van der Waals surface area contributed by atoms with Gasteiger partial charge in [0, 0.05) is 12.1 Å². The van der Waals surface area contributed by atoms with E-state index in [-0.39, 0.29) is 17.8 Å². The van der Waals surface area contributed by atoms with Crippen molar-refractivity contribution >= 4 is 101 Å². The smallest absolute Gasteiger partial charge is 0.297 e. The number of hydrogen-bond donors (Lipinski definition) is 9. The van der Waals surface area contributed by atoms with Gasteiger partial charge >= 0.3 is 0 Å². The molecule has 1 heterocycles. The zero-order valence-electron chi connectivity index (χ0n) is 28.6. The highest BCUT2D eigenvalue weighted by Crippen LogP contribution is 2.50. The molecule has 5 aromatic rings. The zero-order valence-corrected chi connectivity index (χ0v) is 32.7. The van der Waals surface area contributed by atoms with E-state index in [1.165, 1.54) is 6.92 Å². The SMILES string of the molecule is Cc1n[nH]c(O)c1/N=N/c1cc(S(=O)(=O)O)c(/N=N/c2c(S(=O)(=O)O)cc3cc(S(=O)(=O)O)c(/N=N/c4ccc([N+](=O)[O-])cc4S(=O)(=O)O)c(O)c3c2O)cc1S(=O)(=O)O. The van der Waals surface area contributed by atoms with E-state index in [0.29, 0.717) is 30.3 Å². The number of phenolic OH excluding ortho intramolecular Hbond substituents is 2. The van der Waals surface area contributed by atoms with E-state index in [4.69, 9.17) is 0 Å². The third-order valence-electron chi connectivity index (χ3n) is 7.50. The van der Waals surface area contributed by atoms with Crippen LogP contribution in [0.4, 0.5) is 39.8 Å². The molecule has 5 rings (SSSR count). The Morgan fingerprint density at radius 3 is 1.30 bits per heavy atom. The van der Waals surface area contributed by atoms with Crippen LogP contribution in [0, 0.1) is 17.0 Å². The Bertz CT molecular complexity index is 3350. The second-order valence-corrected chi connectivity index (χ2v) is 18.4. The van der Waals surface area contributed by atoms with Crippen molar-refractivity contribution in [3.63, 3.8) is 0 Å². The summed E-state index contributed by atoms with van der Waals surface area (Å²) in [6.07, 6.45) is 0. The second-order valence-electron chi connectivity index (χ2n) is 11.4. The average Bonchev–Trinajstić information content (AvgIpc) is 3.43. The van der Waals surface area contributed by atoms with Crippen molar-refractivity contribution in [1.82, 2.24) is 10.2 Å². The molecule has 29 nitrogen and oxygen atoms in total. The summed E-state index contributed by atoms with van der Waals surface area (Å²) >= 11 is 0. The molecule has 0 fully saturated rings. The molecule has 9 N–H and O–H groups in total. The molecular weight excluding hydrogens is 919 g/mol. The van der Waals surface area contributed by atoms with E-state index < -0.39 is 148 Å². The van der Waals surface area contributed by atoms with Gasteiger partial charge in [-0.05, 0) is 42.6 Å². The molecule has 0 saturated carbocycles. The van der Waals surface area contributed by atoms with Gasteiger partial charge in [0.25, 0.3) is 56.3 Å². The van der Waals surface area contributed by atoms with Crippen molar-refractivity contribution in [3.8, 4) is 17.4 Å². The Hall–Kier alpha value is -6.50. The first-order chi connectivity index (χ1) is 27.4. The standard InChI is InChI=1S/C26H19N9O20S5/c1-9-21(26(38)34-27-9)31-29-13-7-17(58(47,48)49)14(8-16(13)57(44,45)46)30-33-23-19(60(53,54)55)5-10-4-18(59(50,51)52)22(24(36)20(10)25(23)37)32-28-12-3-2-11(35(39)40)6-15(12)56(41,42)43/h2-8,36-37H,1H3,(H2,27,34,38)(H,41,42,43)(H,44,45,46)(H,47,48,49)(H,50,51,52)(H,53,54,55)/b31-29+,32-28+,33-30+. The van der Waals surface area contributed by atoms with Gasteiger partial charge in [-0.25, -0.2) is 5.10 Å². The number of nitrogens with zero attached hydrogens (tertiary/aromatic N) is 8. The van der Waals surface area contributed by atoms with Crippen LogP contribution in [0.2, 0.25) is 0 Å². The molecule has 0 aliphatic heterocycles. The summed E-state index contributed by atoms with van der Waals surface area (Å²) in [6, 6.07) is 2.63. The van der Waals surface area contributed by atoms with Crippen LogP contribution in [0.5, 0.6) is 17.4 Å². The molecule has 0 bridgehead atoms. The number of hydrogen-bond acceptors (Lipinski definition) is 22. The quantitative estimate of drug-likeness (QED) is 0.0363. The van der Waals surface area contributed by atoms with Crippen LogP contribution in [-0.4, -0.2) is 95.3 Å². The Balaban J connectivity index is 1.81. The summed E-state index contributed by atoms with van der Waals surface area (Å²) in [4.78, 5) is 3.11. The van der Waals surface area contributed by atoms with Gasteiger partial charge in [0.2, 0.25) is 5.88 Å². The van der Waals surface area contributed by atoms with Gasteiger partial charge in [-0.1, -0.05) is 0 Å². The highest BCUT2D eigenvalue weighted by Gasteiger charge is 2.30. The molecule has 0 spiro atoms. The molecule has 0 saturated heterocycles. The minimum absolute atomic E-state index is 0.0129. The van der Waals surface area contributed by atoms with Crippen molar-refractivity contribution in [2.24, 2.45) is 30.7 Å². The monoisotopic (exact) mass is 937 g/mol. The van der Waals surface area contributed by atoms with E-state index in [1.54, 1.807) is 0 Å². The number of phenols is 2. The summed E-state index contributed by atoms with van der Waals surface area (Å²) in [5.41, 5.74) is -7.39. The Morgan fingerprint density at radius 1 is 0.550 bits per heavy atom. The third-order valence-corrected chi connectivity index (χ3v) is 11.9. The molecule has 34 heteroatoms. The maximum absolute atomic E-state index is 12.5. The van der Waals surface area contributed by atoms with E-state index in [9.17, 15) is 90.3 Å². The van der Waals surface area contributed by atoms with Gasteiger partial charge < -0.3 is 15.3 Å². The van der Waals surface area contributed by atoms with Gasteiger partial charge in [-0.3, -0.25) is 32.9 Å². The fourth-order valence-electron chi connectivity index (χ4n) is 4.91. The molecule has 0 radical (unpaired) electrons. The summed E-state index contributed by atoms with van der Waals surface area (Å²) in [7, 11) is -27.5. The van der Waals surface area contributed by atoms with Crippen molar-refractivity contribution in [2.75, 3.05) is 0 Å². The van der Waals surface area contributed by atoms with Gasteiger partial charge in [0.1, 0.15) is 52.9 Å². The lowest BCUT2D eigenvalue weighted by Crippen LogP contribution is -2.03. The Kier molecular flexibility index (Phi) is 11.3. The lowest BCUT2D eigenvalue weighted by molar-refractivity contribution is -0.385. The fourth-order valence-corrected chi connectivity index (χ4v) is 8.11. The topological polar surface area (TPSA) is 479 Å². The number of aromatic hydroxyl groups is 3. The van der Waals surface area contributed by atoms with Gasteiger partial charge in [0.15, 0.2) is 17.2 Å². The van der Waals surface area contributed by atoms with Crippen LogP contribution < -0.4 is 0 Å². The number of nitro groups is 1. The van der Waals surface area contributed by atoms with Crippen LogP contribution in [-0.2, 0) is 50.6 Å². The predicted octanol–water partition coefficient (Wildman–Crippen LogP) is 4.38. The number of azo groups is 3. The number of fused-ring (bicyclic) bond motifs is 1. The second kappa shape index (κ2) is 15.3. The molecule has 0 aliphatic rings. The summed E-state index contributed by atoms with van der Waals surface area (Å²) < 4.78 is 172. The summed E-state index contributed by atoms with van der Waals surface area (Å²) in [5.74, 6) is -3.85. The number of nitrogens with one attached hydrogen (secondary N) is 1. The molecule has 4 aromatic carbocycles. The largest absolute Gasteiger partial charge is 0.505 e. The van der Waals surface area contributed by atoms with Crippen molar-refractivity contribution < 1.29 is 85.1 Å². The number of aromatic nitrogens is 2. The first kappa shape index (κ1) is 44.6. The highest BCUT2D eigenvalue weighted by atomic mass is 32.2. The van der Waals surface area contributed by atoms with E-state index in [1.807, 2.05) is 0 Å². The van der Waals surface area contributed by atoms with Crippen LogP contribution >= 0.6 is 0 Å². The van der Waals surface area contributed by atoms with Crippen molar-refractivity contribution in [2.45, 2.75) is 31.4 Å². The molecule has 0 aliphatic carbocycles. The number of benzene rings is 4. The molecule has 60 heavy (non-hydrogen) atoms. The lowest BCUT2D eigenvalue weighted by Gasteiger charge is -2.13. The zero-order chi connectivity index (χ0) is 45.1. The fraction of sp³-hybridized carbons (Fsp3) is 0.0385. The van der Waals surface area contributed by atoms with Crippen LogP contribution in [0.3, 0.4) is 0 Å². The Morgan fingerprint density at radius 2 is 0.933 bits per heavy atom. The van der Waals surface area contributed by atoms with Crippen LogP contribution in [0.15, 0.2) is 97.6 Å². The first-order valence-corrected chi connectivity index (χ1v) is 22.0. The summed E-state index contributed by atoms with van der Waals surface area (Å²) in [5, 5.41) is 67.5. The maximum Gasteiger partial charge on any atom is 0.297 e. The van der Waals surface area contributed by atoms with E-state index in [0.717, 1.165) is 0 Å². The van der Waals surface area contributed by atoms with Gasteiger partial charge in [-0.2, -0.15) is 47.2 Å². The van der Waals surface area contributed by atoms with Crippen LogP contribution in [0.25, 0.3) is 10.8 Å². The Labute approximate surface area is 333 Å². The minimum atomic E-state index is -5.65. The van der Waals surface area contributed by atoms with Crippen LogP contribution in [0.1, 0.15) is 5.69 Å². The first-order valence-electron chi connectivity index (χ1n) is 14.8. The number of nitro benzene ring substituents is 1. The average molecular weight is 938 g/mol. The normalized spacial score (nSPS) is 13.3. The molecule has 0 atom stereocenters. The maximum atomic E-state index is 12.5. The number of aryl methyl sites for hydroxylation is 1. The highest BCUT2D eigenvalue weighted by molar-refractivity contribution is 7.87. The number of rotatable bonds is 12. The third kappa shape index (κ3) is 9.05. The number of H-pyrrole nitrogens is 1. The number of aromatic amines is 1. The van der Waals surface area contributed by atoms with Crippen molar-refractivity contribution in [3.05, 3.63) is 58.3 Å². The molecule has 1 aromatic heterocycles. The minimum Gasteiger partial charge on any atom is -0.505 e. The van der Waals surface area contributed by atoms with Gasteiger partial charge in [-0.15, -0.1) is 30.7 Å².